The third-order valence-corrected chi connectivity index (χ3v) is 3.55. The van der Waals surface area contributed by atoms with Crippen LogP contribution in [0.5, 0.6) is 0 Å². The van der Waals surface area contributed by atoms with E-state index >= 15 is 0 Å². The van der Waals surface area contributed by atoms with Gasteiger partial charge >= 0.3 is 0 Å². The third kappa shape index (κ3) is 2.51. The second-order valence-corrected chi connectivity index (χ2v) is 4.99. The van der Waals surface area contributed by atoms with Crippen LogP contribution in [0.4, 0.5) is 11.6 Å². The number of anilines is 2. The minimum atomic E-state index is 0.841. The Morgan fingerprint density at radius 2 is 1.82 bits per heavy atom. The van der Waals surface area contributed by atoms with Crippen molar-refractivity contribution in [3.8, 4) is 0 Å². The second kappa shape index (κ2) is 4.90. The molecule has 4 nitrogen and oxygen atoms in total. The van der Waals surface area contributed by atoms with Crippen LogP contribution in [0.3, 0.4) is 0 Å². The van der Waals surface area contributed by atoms with E-state index in [1.54, 1.807) is 0 Å². The first-order chi connectivity index (χ1) is 8.11. The van der Waals surface area contributed by atoms with Crippen LogP contribution < -0.4 is 10.2 Å². The van der Waals surface area contributed by atoms with Gasteiger partial charge in [0.15, 0.2) is 0 Å². The molecule has 0 unspecified atom stereocenters. The van der Waals surface area contributed by atoms with Gasteiger partial charge < -0.3 is 10.2 Å². The summed E-state index contributed by atoms with van der Waals surface area (Å²) in [6.45, 7) is 8.60. The second-order valence-electron chi connectivity index (χ2n) is 4.99. The molecule has 0 radical (unpaired) electrons. The maximum absolute atomic E-state index is 4.60. The molecule has 94 valence electrons. The topological polar surface area (TPSA) is 41.1 Å². The first kappa shape index (κ1) is 12.1. The molecule has 1 aromatic rings. The molecule has 0 aromatic carbocycles. The Hall–Kier alpha value is -1.32. The molecule has 0 bridgehead atoms. The zero-order valence-electron chi connectivity index (χ0n) is 11.2. The fourth-order valence-electron chi connectivity index (χ4n) is 2.39. The minimum Gasteiger partial charge on any atom is -0.373 e. The van der Waals surface area contributed by atoms with Gasteiger partial charge in [0.1, 0.15) is 17.5 Å². The highest BCUT2D eigenvalue weighted by molar-refractivity contribution is 5.58. The highest BCUT2D eigenvalue weighted by Crippen LogP contribution is 2.27. The van der Waals surface area contributed by atoms with E-state index in [0.29, 0.717) is 0 Å². The van der Waals surface area contributed by atoms with Crippen molar-refractivity contribution in [3.05, 3.63) is 11.4 Å². The molecule has 0 aliphatic carbocycles. The summed E-state index contributed by atoms with van der Waals surface area (Å²) in [6.07, 6.45) is 2.52. The summed E-state index contributed by atoms with van der Waals surface area (Å²) in [6, 6.07) is 0. The van der Waals surface area contributed by atoms with Gasteiger partial charge in [0, 0.05) is 25.7 Å². The van der Waals surface area contributed by atoms with Crippen molar-refractivity contribution in [2.75, 3.05) is 30.4 Å². The number of aryl methyl sites for hydroxylation is 1. The minimum absolute atomic E-state index is 0.841. The first-order valence-electron chi connectivity index (χ1n) is 6.39. The molecule has 0 atom stereocenters. The van der Waals surface area contributed by atoms with Crippen molar-refractivity contribution < 1.29 is 0 Å². The summed E-state index contributed by atoms with van der Waals surface area (Å²) in [4.78, 5) is 11.4. The average molecular weight is 234 g/mol. The van der Waals surface area contributed by atoms with Gasteiger partial charge in [-0.05, 0) is 32.6 Å². The highest BCUT2D eigenvalue weighted by atomic mass is 15.2. The zero-order valence-corrected chi connectivity index (χ0v) is 11.2. The number of rotatable bonds is 2. The maximum Gasteiger partial charge on any atom is 0.137 e. The zero-order chi connectivity index (χ0) is 12.4. The van der Waals surface area contributed by atoms with E-state index in [4.69, 9.17) is 0 Å². The third-order valence-electron chi connectivity index (χ3n) is 3.55. The summed E-state index contributed by atoms with van der Waals surface area (Å²) in [5.41, 5.74) is 1.16. The Balaban J connectivity index is 2.28. The Labute approximate surface area is 103 Å². The number of hydrogen-bond acceptors (Lipinski definition) is 4. The van der Waals surface area contributed by atoms with Crippen LogP contribution >= 0.6 is 0 Å². The maximum atomic E-state index is 4.60. The normalized spacial score (nSPS) is 17.3. The monoisotopic (exact) mass is 234 g/mol. The van der Waals surface area contributed by atoms with Crippen molar-refractivity contribution >= 4 is 11.6 Å². The van der Waals surface area contributed by atoms with E-state index < -0.39 is 0 Å². The molecule has 0 amide bonds. The van der Waals surface area contributed by atoms with E-state index in [1.807, 2.05) is 14.0 Å². The molecule has 0 saturated carbocycles. The lowest BCUT2D eigenvalue weighted by atomic mass is 9.99. The van der Waals surface area contributed by atoms with Gasteiger partial charge in [-0.25, -0.2) is 9.97 Å². The van der Waals surface area contributed by atoms with E-state index in [1.165, 1.54) is 12.8 Å². The van der Waals surface area contributed by atoms with Gasteiger partial charge in [0.25, 0.3) is 0 Å². The molecule has 1 aromatic heterocycles. The van der Waals surface area contributed by atoms with Gasteiger partial charge in [0.2, 0.25) is 0 Å². The van der Waals surface area contributed by atoms with Gasteiger partial charge in [-0.3, -0.25) is 0 Å². The first-order valence-corrected chi connectivity index (χ1v) is 6.39. The molecular weight excluding hydrogens is 212 g/mol. The summed E-state index contributed by atoms with van der Waals surface area (Å²) >= 11 is 0. The van der Waals surface area contributed by atoms with Crippen LogP contribution in [0.2, 0.25) is 0 Å². The van der Waals surface area contributed by atoms with Crippen molar-refractivity contribution in [2.45, 2.75) is 33.6 Å². The van der Waals surface area contributed by atoms with Crippen molar-refractivity contribution in [1.29, 1.82) is 0 Å². The smallest absolute Gasteiger partial charge is 0.137 e. The molecule has 2 heterocycles. The van der Waals surface area contributed by atoms with Crippen LogP contribution in [-0.4, -0.2) is 30.1 Å². The predicted octanol–water partition coefficient (Wildman–Crippen LogP) is 2.37. The lowest BCUT2D eigenvalue weighted by Crippen LogP contribution is -2.34. The Morgan fingerprint density at radius 1 is 1.18 bits per heavy atom. The van der Waals surface area contributed by atoms with Crippen molar-refractivity contribution in [3.63, 3.8) is 0 Å². The van der Waals surface area contributed by atoms with Gasteiger partial charge in [-0.15, -0.1) is 0 Å². The molecule has 1 saturated heterocycles. The summed E-state index contributed by atoms with van der Waals surface area (Å²) in [5, 5.41) is 3.15. The van der Waals surface area contributed by atoms with E-state index in [9.17, 15) is 0 Å². The molecule has 2 rings (SSSR count). The van der Waals surface area contributed by atoms with E-state index in [2.05, 4.69) is 34.0 Å². The SMILES string of the molecule is CNc1nc(C)nc(N2CCC(C)CC2)c1C. The molecule has 1 aliphatic heterocycles. The number of hydrogen-bond donors (Lipinski definition) is 1. The Morgan fingerprint density at radius 3 is 2.41 bits per heavy atom. The largest absolute Gasteiger partial charge is 0.373 e. The Kier molecular flexibility index (Phi) is 3.50. The van der Waals surface area contributed by atoms with Crippen LogP contribution in [-0.2, 0) is 0 Å². The lowest BCUT2D eigenvalue weighted by Gasteiger charge is -2.32. The fourth-order valence-corrected chi connectivity index (χ4v) is 2.39. The molecule has 4 heteroatoms. The molecule has 1 aliphatic rings. The molecule has 1 fully saturated rings. The van der Waals surface area contributed by atoms with E-state index in [0.717, 1.165) is 42.0 Å². The summed E-state index contributed by atoms with van der Waals surface area (Å²) < 4.78 is 0. The molecule has 17 heavy (non-hydrogen) atoms. The fraction of sp³-hybridized carbons (Fsp3) is 0.692. The number of piperidine rings is 1. The lowest BCUT2D eigenvalue weighted by molar-refractivity contribution is 0.436. The Bertz CT molecular complexity index is 395. The van der Waals surface area contributed by atoms with Crippen LogP contribution in [0.25, 0.3) is 0 Å². The van der Waals surface area contributed by atoms with Crippen LogP contribution in [0.15, 0.2) is 0 Å². The summed E-state index contributed by atoms with van der Waals surface area (Å²) in [7, 11) is 1.91. The van der Waals surface area contributed by atoms with Crippen molar-refractivity contribution in [1.82, 2.24) is 9.97 Å². The molecule has 0 spiro atoms. The van der Waals surface area contributed by atoms with Gasteiger partial charge in [0.05, 0.1) is 0 Å². The van der Waals surface area contributed by atoms with Crippen LogP contribution in [0.1, 0.15) is 31.2 Å². The predicted molar refractivity (Wildman–Crippen MR) is 71.7 cm³/mol. The average Bonchev–Trinajstić information content (AvgIpc) is 2.33. The summed E-state index contributed by atoms with van der Waals surface area (Å²) in [5.74, 6) is 3.74. The van der Waals surface area contributed by atoms with Gasteiger partial charge in [-0.2, -0.15) is 0 Å². The highest BCUT2D eigenvalue weighted by Gasteiger charge is 2.20. The van der Waals surface area contributed by atoms with Gasteiger partial charge in [-0.1, -0.05) is 6.92 Å². The van der Waals surface area contributed by atoms with E-state index in [-0.39, 0.29) is 0 Å². The van der Waals surface area contributed by atoms with Crippen molar-refractivity contribution in [2.24, 2.45) is 5.92 Å². The molecular formula is C13H22N4. The number of nitrogens with one attached hydrogen (secondary N) is 1. The molecule has 1 N–H and O–H groups in total. The van der Waals surface area contributed by atoms with Crippen LogP contribution in [0, 0.1) is 19.8 Å². The number of aromatic nitrogens is 2. The standard InChI is InChI=1S/C13H22N4/c1-9-5-7-17(8-6-9)13-10(2)12(14-4)15-11(3)16-13/h9H,5-8H2,1-4H3,(H,14,15,16). The quantitative estimate of drug-likeness (QED) is 0.853. The number of nitrogens with zero attached hydrogens (tertiary/aromatic N) is 3.